The van der Waals surface area contributed by atoms with Crippen LogP contribution in [-0.2, 0) is 35.6 Å². The molecule has 0 amide bonds. The van der Waals surface area contributed by atoms with Crippen LogP contribution in [0.25, 0.3) is 0 Å². The molecule has 3 aliphatic carbocycles. The lowest BCUT2D eigenvalue weighted by Crippen LogP contribution is -2.51. The van der Waals surface area contributed by atoms with Gasteiger partial charge >= 0.3 is 5.97 Å². The molecule has 4 aliphatic rings. The number of hydrogen-bond acceptors (Lipinski definition) is 8. The largest absolute Gasteiger partial charge is 0.490 e. The van der Waals surface area contributed by atoms with Gasteiger partial charge in [-0.15, -0.1) is 0 Å². The summed E-state index contributed by atoms with van der Waals surface area (Å²) in [5, 5.41) is 0.757. The molecule has 8 nitrogen and oxygen atoms in total. The van der Waals surface area contributed by atoms with E-state index in [9.17, 15) is 13.2 Å². The fourth-order valence-electron chi connectivity index (χ4n) is 8.43. The Bertz CT molecular complexity index is 1480. The average molecular weight is 646 g/mol. The van der Waals surface area contributed by atoms with Crippen LogP contribution in [0.3, 0.4) is 0 Å². The molecule has 2 aromatic carbocycles. The molecule has 1 aliphatic heterocycles. The Kier molecular flexibility index (Phi) is 9.22. The first kappa shape index (κ1) is 31.6. The number of halogens is 1. The Morgan fingerprint density at radius 1 is 1.11 bits per heavy atom. The van der Waals surface area contributed by atoms with Crippen LogP contribution in [0.4, 0.5) is 5.69 Å². The molecular weight excluding hydrogens is 602 g/mol. The average Bonchev–Trinajstić information content (AvgIpc) is 3.13. The van der Waals surface area contributed by atoms with E-state index in [-0.39, 0.29) is 29.5 Å². The lowest BCUT2D eigenvalue weighted by molar-refractivity contribution is -0.0693. The molecule has 240 valence electrons. The topological polar surface area (TPSA) is 91.4 Å². The van der Waals surface area contributed by atoms with Crippen LogP contribution in [0.5, 0.6) is 5.75 Å². The lowest BCUT2D eigenvalue weighted by atomic mass is 9.65. The van der Waals surface area contributed by atoms with E-state index in [2.05, 4.69) is 17.0 Å². The second kappa shape index (κ2) is 12.8. The van der Waals surface area contributed by atoms with E-state index in [1.165, 1.54) is 18.2 Å². The third kappa shape index (κ3) is 6.48. The van der Waals surface area contributed by atoms with Crippen LogP contribution in [0, 0.1) is 17.8 Å². The van der Waals surface area contributed by atoms with Crippen LogP contribution in [0.2, 0.25) is 5.02 Å². The first-order valence-electron chi connectivity index (χ1n) is 15.9. The summed E-state index contributed by atoms with van der Waals surface area (Å²) in [5.41, 5.74) is 3.81. The van der Waals surface area contributed by atoms with Crippen molar-refractivity contribution in [3.05, 3.63) is 58.1 Å². The summed E-state index contributed by atoms with van der Waals surface area (Å²) in [6.45, 7) is 2.14. The van der Waals surface area contributed by atoms with Gasteiger partial charge in [0.05, 0.1) is 43.4 Å². The van der Waals surface area contributed by atoms with Gasteiger partial charge in [0.2, 0.25) is 0 Å². The summed E-state index contributed by atoms with van der Waals surface area (Å²) in [6.07, 6.45) is 9.51. The highest BCUT2D eigenvalue weighted by Gasteiger charge is 2.46. The van der Waals surface area contributed by atoms with E-state index < -0.39 is 10.1 Å². The Morgan fingerprint density at radius 3 is 2.68 bits per heavy atom. The molecule has 10 heteroatoms. The summed E-state index contributed by atoms with van der Waals surface area (Å²) >= 11 is 6.42. The first-order chi connectivity index (χ1) is 21.1. The first-order valence-corrected chi connectivity index (χ1v) is 18.1. The monoisotopic (exact) mass is 645 g/mol. The van der Waals surface area contributed by atoms with Crippen LogP contribution in [0.1, 0.15) is 72.9 Å². The number of esters is 1. The molecule has 1 heterocycles. The van der Waals surface area contributed by atoms with Crippen molar-refractivity contribution in [1.82, 2.24) is 0 Å². The van der Waals surface area contributed by atoms with Gasteiger partial charge in [-0.25, -0.2) is 4.79 Å². The lowest BCUT2D eigenvalue weighted by Gasteiger charge is -2.48. The number of aryl methyl sites for hydroxylation is 1. The molecule has 0 radical (unpaired) electrons. The Morgan fingerprint density at radius 2 is 1.95 bits per heavy atom. The zero-order chi connectivity index (χ0) is 31.1. The number of carbonyl (C=O) groups excluding carboxylic acids is 1. The number of nitrogens with zero attached hydrogens (tertiary/aromatic N) is 1. The Balaban J connectivity index is 1.29. The van der Waals surface area contributed by atoms with Crippen molar-refractivity contribution in [3.63, 3.8) is 0 Å². The molecule has 2 saturated carbocycles. The highest BCUT2D eigenvalue weighted by atomic mass is 35.5. The summed E-state index contributed by atoms with van der Waals surface area (Å²) in [4.78, 5) is 15.0. The number of methoxy groups -OCH3 is 2. The molecule has 0 unspecified atom stereocenters. The summed E-state index contributed by atoms with van der Waals surface area (Å²) in [6, 6.07) is 11.9. The molecule has 0 aromatic heterocycles. The van der Waals surface area contributed by atoms with E-state index in [0.29, 0.717) is 30.4 Å². The normalized spacial score (nSPS) is 29.0. The van der Waals surface area contributed by atoms with Gasteiger partial charge in [0.1, 0.15) is 5.75 Å². The molecular formula is C34H44ClNO7S. The minimum atomic E-state index is -3.50. The van der Waals surface area contributed by atoms with Gasteiger partial charge in [-0.1, -0.05) is 24.1 Å². The standard InChI is InChI=1S/C34H44ClNO7S/c1-40-32(23-6-4-8-27(17-23)43-44(3,38)39)28-12-9-25(28)19-36-20-34(15-5-7-22-16-26(35)11-13-29(22)34)21-42-31-14-10-24(18-30(31)36)33(37)41-2/h10-11,13-14,16,18,23,25,27-28,32H,4-9,12,15,17,19-21H2,1-3H3/t23-,25-,27-,28+,32+,34-/m0/s1. The second-order valence-corrected chi connectivity index (χ2v) is 15.4. The zero-order valence-corrected chi connectivity index (χ0v) is 27.5. The highest BCUT2D eigenvalue weighted by Crippen LogP contribution is 2.48. The number of hydrogen-bond donors (Lipinski definition) is 0. The Hall–Kier alpha value is -2.33. The molecule has 0 N–H and O–H groups in total. The number of anilines is 1. The van der Waals surface area contributed by atoms with Crippen molar-refractivity contribution in [1.29, 1.82) is 0 Å². The molecule has 0 bridgehead atoms. The van der Waals surface area contributed by atoms with E-state index in [0.717, 1.165) is 87.2 Å². The van der Waals surface area contributed by atoms with Gasteiger partial charge in [0, 0.05) is 30.6 Å². The predicted molar refractivity (Wildman–Crippen MR) is 170 cm³/mol. The number of carbonyl (C=O) groups is 1. The number of fused-ring (bicyclic) bond motifs is 3. The fraction of sp³-hybridized carbons (Fsp3) is 0.618. The van der Waals surface area contributed by atoms with Gasteiger partial charge in [-0.3, -0.25) is 4.18 Å². The number of ether oxygens (including phenoxy) is 3. The van der Waals surface area contributed by atoms with Gasteiger partial charge in [-0.05, 0) is 111 Å². The molecule has 1 spiro atoms. The summed E-state index contributed by atoms with van der Waals surface area (Å²) in [7, 11) is -0.308. The van der Waals surface area contributed by atoms with E-state index in [1.807, 2.05) is 18.2 Å². The van der Waals surface area contributed by atoms with Crippen molar-refractivity contribution >= 4 is 33.4 Å². The van der Waals surface area contributed by atoms with Crippen molar-refractivity contribution in [2.24, 2.45) is 17.8 Å². The van der Waals surface area contributed by atoms with Crippen LogP contribution < -0.4 is 9.64 Å². The van der Waals surface area contributed by atoms with Crippen LogP contribution in [0.15, 0.2) is 36.4 Å². The van der Waals surface area contributed by atoms with Crippen molar-refractivity contribution in [2.45, 2.75) is 75.4 Å². The highest BCUT2D eigenvalue weighted by molar-refractivity contribution is 7.86. The smallest absolute Gasteiger partial charge is 0.337 e. The summed E-state index contributed by atoms with van der Waals surface area (Å²) < 4.78 is 47.0. The quantitative estimate of drug-likeness (QED) is 0.249. The predicted octanol–water partition coefficient (Wildman–Crippen LogP) is 6.18. The van der Waals surface area contributed by atoms with E-state index in [4.69, 9.17) is 30.0 Å². The van der Waals surface area contributed by atoms with E-state index >= 15 is 0 Å². The van der Waals surface area contributed by atoms with Crippen LogP contribution >= 0.6 is 11.6 Å². The van der Waals surface area contributed by atoms with E-state index in [1.54, 1.807) is 13.2 Å². The van der Waals surface area contributed by atoms with Gasteiger partial charge in [-0.2, -0.15) is 8.42 Å². The molecule has 6 atom stereocenters. The van der Waals surface area contributed by atoms with Crippen molar-refractivity contribution in [3.8, 4) is 5.75 Å². The minimum absolute atomic E-state index is 0.0373. The van der Waals surface area contributed by atoms with Gasteiger partial charge in [0.15, 0.2) is 0 Å². The van der Waals surface area contributed by atoms with Crippen molar-refractivity contribution in [2.75, 3.05) is 45.1 Å². The zero-order valence-electron chi connectivity index (χ0n) is 25.9. The molecule has 2 aromatic rings. The summed E-state index contributed by atoms with van der Waals surface area (Å²) in [5.74, 6) is 1.40. The maximum absolute atomic E-state index is 12.6. The van der Waals surface area contributed by atoms with Gasteiger partial charge < -0.3 is 19.1 Å². The van der Waals surface area contributed by atoms with Crippen LogP contribution in [-0.4, -0.2) is 66.8 Å². The Labute approximate surface area is 266 Å². The molecule has 0 saturated heterocycles. The third-order valence-electron chi connectivity index (χ3n) is 10.5. The number of rotatable bonds is 8. The minimum Gasteiger partial charge on any atom is -0.490 e. The molecule has 6 rings (SSSR count). The molecule has 44 heavy (non-hydrogen) atoms. The maximum atomic E-state index is 12.6. The van der Waals surface area contributed by atoms with Crippen molar-refractivity contribution < 1.29 is 31.6 Å². The maximum Gasteiger partial charge on any atom is 0.337 e. The SMILES string of the molecule is COC(=O)c1ccc2c(c1)N(C[C@@H]1CC[C@H]1[C@H](OC)[C@H]1CCC[C@H](OS(C)(=O)=O)C1)C[C@@]1(CCCc3cc(Cl)ccc31)CO2. The third-order valence-corrected chi connectivity index (χ3v) is 11.4. The second-order valence-electron chi connectivity index (χ2n) is 13.3. The number of benzene rings is 2. The van der Waals surface area contributed by atoms with Gasteiger partial charge in [0.25, 0.3) is 10.1 Å². The molecule has 2 fully saturated rings. The fourth-order valence-corrected chi connectivity index (χ4v) is 9.29.